The molecule has 0 spiro atoms. The number of hydrogen-bond donors (Lipinski definition) is 1. The van der Waals surface area contributed by atoms with Gasteiger partial charge in [-0.25, -0.2) is 0 Å². The fourth-order valence-electron chi connectivity index (χ4n) is 3.68. The number of piperazine rings is 1. The van der Waals surface area contributed by atoms with Gasteiger partial charge in [-0.2, -0.15) is 0 Å². The van der Waals surface area contributed by atoms with Crippen LogP contribution in [0.25, 0.3) is 0 Å². The number of aliphatic hydroxyl groups excluding tert-OH is 1. The van der Waals surface area contributed by atoms with Crippen molar-refractivity contribution >= 4 is 23.2 Å². The molecule has 0 amide bonds. The van der Waals surface area contributed by atoms with E-state index < -0.39 is 6.10 Å². The van der Waals surface area contributed by atoms with Crippen molar-refractivity contribution in [1.82, 2.24) is 9.80 Å². The first kappa shape index (κ1) is 18.4. The van der Waals surface area contributed by atoms with Gasteiger partial charge in [0.15, 0.2) is 0 Å². The minimum Gasteiger partial charge on any atom is -0.389 e. The van der Waals surface area contributed by atoms with E-state index in [1.54, 1.807) is 7.11 Å². The van der Waals surface area contributed by atoms with Crippen LogP contribution in [0.1, 0.15) is 18.4 Å². The zero-order valence-electron chi connectivity index (χ0n) is 14.2. The van der Waals surface area contributed by atoms with E-state index in [0.717, 1.165) is 37.7 Å². The lowest BCUT2D eigenvalue weighted by molar-refractivity contribution is 0.0229. The van der Waals surface area contributed by atoms with Crippen LogP contribution in [0.15, 0.2) is 18.2 Å². The van der Waals surface area contributed by atoms with Crippen molar-refractivity contribution in [1.29, 1.82) is 0 Å². The molecule has 1 saturated heterocycles. The average Bonchev–Trinajstić information content (AvgIpc) is 3.30. The molecule has 2 fully saturated rings. The molecule has 1 aromatic rings. The second-order valence-corrected chi connectivity index (χ2v) is 7.93. The van der Waals surface area contributed by atoms with E-state index in [1.807, 2.05) is 12.1 Å². The molecule has 4 nitrogen and oxygen atoms in total. The molecular formula is C18H26Cl2N2O2. The summed E-state index contributed by atoms with van der Waals surface area (Å²) in [5.41, 5.74) is 1.45. The van der Waals surface area contributed by atoms with Crippen molar-refractivity contribution in [3.05, 3.63) is 33.8 Å². The Kier molecular flexibility index (Phi) is 6.07. The highest BCUT2D eigenvalue weighted by Crippen LogP contribution is 2.51. The smallest absolute Gasteiger partial charge is 0.0900 e. The van der Waals surface area contributed by atoms with Crippen molar-refractivity contribution in [3.8, 4) is 0 Å². The summed E-state index contributed by atoms with van der Waals surface area (Å²) in [4.78, 5) is 4.84. The number of benzene rings is 1. The Morgan fingerprint density at radius 3 is 2.42 bits per heavy atom. The summed E-state index contributed by atoms with van der Waals surface area (Å²) in [6.45, 7) is 6.20. The Hall–Kier alpha value is -0.360. The van der Waals surface area contributed by atoms with E-state index in [2.05, 4.69) is 15.9 Å². The zero-order chi connectivity index (χ0) is 17.2. The maximum absolute atomic E-state index is 9.86. The molecule has 6 heteroatoms. The van der Waals surface area contributed by atoms with E-state index in [0.29, 0.717) is 18.2 Å². The molecule has 0 unspecified atom stereocenters. The van der Waals surface area contributed by atoms with E-state index >= 15 is 0 Å². The molecular weight excluding hydrogens is 347 g/mol. The Bertz CT molecular complexity index is 558. The van der Waals surface area contributed by atoms with Crippen molar-refractivity contribution in [2.45, 2.75) is 24.4 Å². The Morgan fingerprint density at radius 1 is 1.17 bits per heavy atom. The van der Waals surface area contributed by atoms with Crippen LogP contribution in [0.3, 0.4) is 0 Å². The van der Waals surface area contributed by atoms with E-state index in [1.165, 1.54) is 18.4 Å². The van der Waals surface area contributed by atoms with Gasteiger partial charge in [0.1, 0.15) is 0 Å². The molecule has 1 aliphatic carbocycles. The van der Waals surface area contributed by atoms with Gasteiger partial charge < -0.3 is 9.84 Å². The molecule has 2 aliphatic rings. The second kappa shape index (κ2) is 7.90. The SMILES string of the molecule is COC[C@@H](O)CN1CCN(CC2(c3ccc(Cl)cc3Cl)CC2)CC1. The number of hydrogen-bond acceptors (Lipinski definition) is 4. The fourth-order valence-corrected chi connectivity index (χ4v) is 4.29. The minimum absolute atomic E-state index is 0.208. The highest BCUT2D eigenvalue weighted by Gasteiger charge is 2.46. The van der Waals surface area contributed by atoms with Gasteiger partial charge in [0.05, 0.1) is 12.7 Å². The van der Waals surface area contributed by atoms with Crippen LogP contribution >= 0.6 is 23.2 Å². The highest BCUT2D eigenvalue weighted by molar-refractivity contribution is 6.35. The monoisotopic (exact) mass is 372 g/mol. The summed E-state index contributed by atoms with van der Waals surface area (Å²) in [5, 5.41) is 11.3. The lowest BCUT2D eigenvalue weighted by Crippen LogP contribution is -2.50. The molecule has 0 bridgehead atoms. The van der Waals surface area contributed by atoms with Gasteiger partial charge >= 0.3 is 0 Å². The molecule has 1 saturated carbocycles. The number of aliphatic hydroxyl groups is 1. The number of β-amino-alcohol motifs (C(OH)–C–C–N with tert-alkyl or cyclic N) is 1. The minimum atomic E-state index is -0.399. The summed E-state index contributed by atoms with van der Waals surface area (Å²) in [5.74, 6) is 0. The molecule has 3 rings (SSSR count). The number of methoxy groups -OCH3 is 1. The van der Waals surface area contributed by atoms with E-state index in [4.69, 9.17) is 27.9 Å². The summed E-state index contributed by atoms with van der Waals surface area (Å²) < 4.78 is 5.00. The molecule has 24 heavy (non-hydrogen) atoms. The molecule has 0 radical (unpaired) electrons. The topological polar surface area (TPSA) is 35.9 Å². The molecule has 1 aliphatic heterocycles. The number of ether oxygens (including phenoxy) is 1. The first-order valence-corrected chi connectivity index (χ1v) is 9.35. The summed E-state index contributed by atoms with van der Waals surface area (Å²) in [6.07, 6.45) is 1.99. The van der Waals surface area contributed by atoms with Gasteiger partial charge in [-0.1, -0.05) is 29.3 Å². The standard InChI is InChI=1S/C18H26Cl2N2O2/c1-24-12-15(23)11-21-6-8-22(9-7-21)13-18(4-5-18)16-3-2-14(19)10-17(16)20/h2-3,10,15,23H,4-9,11-13H2,1H3/t15-/m0/s1. The Labute approximate surface area is 154 Å². The quantitative estimate of drug-likeness (QED) is 0.797. The van der Waals surface area contributed by atoms with Crippen LogP contribution in [-0.2, 0) is 10.2 Å². The van der Waals surface area contributed by atoms with E-state index in [9.17, 15) is 5.11 Å². The van der Waals surface area contributed by atoms with Gasteiger partial charge in [-0.05, 0) is 30.5 Å². The number of nitrogens with zero attached hydrogens (tertiary/aromatic N) is 2. The largest absolute Gasteiger partial charge is 0.389 e. The molecule has 1 atom stereocenters. The average molecular weight is 373 g/mol. The maximum Gasteiger partial charge on any atom is 0.0900 e. The molecule has 1 aromatic carbocycles. The molecule has 134 valence electrons. The van der Waals surface area contributed by atoms with Crippen molar-refractivity contribution in [3.63, 3.8) is 0 Å². The van der Waals surface area contributed by atoms with Gasteiger partial charge in [-0.3, -0.25) is 9.80 Å². The normalized spacial score (nSPS) is 22.5. The van der Waals surface area contributed by atoms with Gasteiger partial charge in [0.2, 0.25) is 0 Å². The Balaban J connectivity index is 1.53. The summed E-state index contributed by atoms with van der Waals surface area (Å²) in [7, 11) is 1.62. The Morgan fingerprint density at radius 2 is 1.83 bits per heavy atom. The van der Waals surface area contributed by atoms with Crippen LogP contribution in [0, 0.1) is 0 Å². The lowest BCUT2D eigenvalue weighted by atomic mass is 9.95. The molecule has 1 heterocycles. The van der Waals surface area contributed by atoms with Crippen molar-refractivity contribution in [2.75, 3.05) is 53.0 Å². The zero-order valence-corrected chi connectivity index (χ0v) is 15.7. The predicted molar refractivity (Wildman–Crippen MR) is 98.1 cm³/mol. The van der Waals surface area contributed by atoms with Crippen LogP contribution in [0.5, 0.6) is 0 Å². The fraction of sp³-hybridized carbons (Fsp3) is 0.667. The molecule has 1 N–H and O–H groups in total. The first-order chi connectivity index (χ1) is 11.5. The third-order valence-corrected chi connectivity index (χ3v) is 5.72. The van der Waals surface area contributed by atoms with Crippen molar-refractivity contribution < 1.29 is 9.84 Å². The van der Waals surface area contributed by atoms with Gasteiger partial charge in [0.25, 0.3) is 0 Å². The summed E-state index contributed by atoms with van der Waals surface area (Å²) >= 11 is 12.5. The second-order valence-electron chi connectivity index (χ2n) is 7.09. The maximum atomic E-state index is 9.86. The third-order valence-electron chi connectivity index (χ3n) is 5.18. The van der Waals surface area contributed by atoms with Gasteiger partial charge in [0, 0.05) is 61.8 Å². The van der Waals surface area contributed by atoms with Crippen LogP contribution < -0.4 is 0 Å². The molecule has 0 aromatic heterocycles. The van der Waals surface area contributed by atoms with Gasteiger partial charge in [-0.15, -0.1) is 0 Å². The van der Waals surface area contributed by atoms with Crippen LogP contribution in [0.2, 0.25) is 10.0 Å². The van der Waals surface area contributed by atoms with Crippen LogP contribution in [-0.4, -0.2) is 74.0 Å². The third kappa shape index (κ3) is 4.43. The predicted octanol–water partition coefficient (Wildman–Crippen LogP) is 2.65. The lowest BCUT2D eigenvalue weighted by Gasteiger charge is -2.37. The first-order valence-electron chi connectivity index (χ1n) is 8.60. The number of rotatable bonds is 7. The summed E-state index contributed by atoms with van der Waals surface area (Å²) in [6, 6.07) is 5.89. The van der Waals surface area contributed by atoms with Crippen molar-refractivity contribution in [2.24, 2.45) is 0 Å². The number of halogens is 2. The van der Waals surface area contributed by atoms with Crippen LogP contribution in [0.4, 0.5) is 0 Å². The highest BCUT2D eigenvalue weighted by atomic mass is 35.5. The van der Waals surface area contributed by atoms with E-state index in [-0.39, 0.29) is 5.41 Å².